The molecule has 178 valence electrons. The van der Waals surface area contributed by atoms with Gasteiger partial charge in [-0.05, 0) is 31.5 Å². The van der Waals surface area contributed by atoms with Crippen molar-refractivity contribution in [3.05, 3.63) is 52.8 Å². The van der Waals surface area contributed by atoms with Gasteiger partial charge >= 0.3 is 6.18 Å². The zero-order valence-electron chi connectivity index (χ0n) is 17.5. The van der Waals surface area contributed by atoms with E-state index >= 15 is 4.39 Å². The number of amides is 1. The molecule has 3 heterocycles. The van der Waals surface area contributed by atoms with E-state index in [0.717, 1.165) is 6.07 Å². The summed E-state index contributed by atoms with van der Waals surface area (Å²) in [6.45, 7) is 0.763. The van der Waals surface area contributed by atoms with Gasteiger partial charge in [-0.3, -0.25) is 9.79 Å². The summed E-state index contributed by atoms with van der Waals surface area (Å²) < 4.78 is 61.5. The molecule has 2 aromatic rings. The Kier molecular flexibility index (Phi) is 5.73. The lowest BCUT2D eigenvalue weighted by molar-refractivity contribution is -0.218. The Balaban J connectivity index is 1.78. The summed E-state index contributed by atoms with van der Waals surface area (Å²) in [5, 5.41) is 12.2. The van der Waals surface area contributed by atoms with Crippen LogP contribution in [0.15, 0.2) is 35.6 Å². The number of rotatable bonds is 3. The molecule has 0 aliphatic carbocycles. The van der Waals surface area contributed by atoms with Gasteiger partial charge < -0.3 is 15.8 Å². The fraction of sp³-hybridized carbons (Fsp3) is 0.381. The minimum atomic E-state index is -4.78. The van der Waals surface area contributed by atoms with Crippen LogP contribution in [0.2, 0.25) is 5.02 Å². The lowest BCUT2D eigenvalue weighted by atomic mass is 9.66. The second-order valence-electron chi connectivity index (χ2n) is 8.32. The monoisotopic (exact) mass is 496 g/mol. The van der Waals surface area contributed by atoms with Gasteiger partial charge in [0, 0.05) is 29.6 Å². The Morgan fingerprint density at radius 1 is 1.35 bits per heavy atom. The average molecular weight is 497 g/mol. The zero-order valence-corrected chi connectivity index (χ0v) is 18.3. The van der Waals surface area contributed by atoms with Gasteiger partial charge in [0.05, 0.1) is 17.7 Å². The number of amidine groups is 1. The van der Waals surface area contributed by atoms with Gasteiger partial charge in [-0.15, -0.1) is 0 Å². The standard InChI is InChI=1S/C21H17ClF4N6O2/c1-19(8-27)5-13-15(21(24,25)26)34-9-20(13,32-18(19)28)12-4-11(2-3-14(12)23)31-17(33)16-29-6-10(22)7-30-16/h2-4,6-7,13,15H,5,9H2,1H3,(H2,28,32)(H,31,33)/t13-,15?,19-,20-/m1/s1. The van der Waals surface area contributed by atoms with Crippen molar-refractivity contribution < 1.29 is 27.1 Å². The van der Waals surface area contributed by atoms with Gasteiger partial charge in [0.1, 0.15) is 22.6 Å². The molecule has 13 heteroatoms. The Bertz CT molecular complexity index is 1220. The maximum Gasteiger partial charge on any atom is 0.415 e. The maximum atomic E-state index is 15.1. The number of benzene rings is 1. The van der Waals surface area contributed by atoms with Crippen LogP contribution in [0.25, 0.3) is 0 Å². The number of nitrogens with zero attached hydrogens (tertiary/aromatic N) is 4. The largest absolute Gasteiger partial charge is 0.415 e. The van der Waals surface area contributed by atoms with E-state index in [9.17, 15) is 23.2 Å². The van der Waals surface area contributed by atoms with Crippen LogP contribution in [0.5, 0.6) is 0 Å². The Hall–Kier alpha value is -3.30. The lowest BCUT2D eigenvalue weighted by Crippen LogP contribution is -2.51. The van der Waals surface area contributed by atoms with Crippen molar-refractivity contribution in [3.8, 4) is 6.07 Å². The molecule has 0 spiro atoms. The fourth-order valence-corrected chi connectivity index (χ4v) is 4.38. The maximum absolute atomic E-state index is 15.1. The van der Waals surface area contributed by atoms with E-state index in [1.165, 1.54) is 31.5 Å². The molecule has 3 N–H and O–H groups in total. The van der Waals surface area contributed by atoms with Crippen molar-refractivity contribution in [3.63, 3.8) is 0 Å². The number of halogens is 5. The molecule has 2 aliphatic heterocycles. The molecule has 8 nitrogen and oxygen atoms in total. The highest BCUT2D eigenvalue weighted by molar-refractivity contribution is 6.30. The molecule has 1 amide bonds. The molecule has 0 radical (unpaired) electrons. The molecule has 1 fully saturated rings. The number of fused-ring (bicyclic) bond motifs is 1. The molecule has 34 heavy (non-hydrogen) atoms. The van der Waals surface area contributed by atoms with Gasteiger partial charge in [-0.1, -0.05) is 11.6 Å². The highest BCUT2D eigenvalue weighted by Crippen LogP contribution is 2.55. The fourth-order valence-electron chi connectivity index (χ4n) is 4.28. The van der Waals surface area contributed by atoms with Crippen molar-refractivity contribution >= 4 is 29.0 Å². The molecule has 0 bridgehead atoms. The Morgan fingerprint density at radius 2 is 2.03 bits per heavy atom. The summed E-state index contributed by atoms with van der Waals surface area (Å²) in [5.74, 6) is -3.49. The summed E-state index contributed by atoms with van der Waals surface area (Å²) in [5.41, 5.74) is 2.47. The first-order chi connectivity index (χ1) is 15.9. The highest BCUT2D eigenvalue weighted by atomic mass is 35.5. The Labute approximate surface area is 195 Å². The minimum absolute atomic E-state index is 0.0610. The van der Waals surface area contributed by atoms with Crippen LogP contribution in [0, 0.1) is 28.5 Å². The van der Waals surface area contributed by atoms with Crippen LogP contribution in [-0.2, 0) is 10.3 Å². The number of aromatic nitrogens is 2. The first kappa shape index (κ1) is 23.8. The molecule has 4 atom stereocenters. The molecule has 2 aliphatic rings. The second kappa shape index (κ2) is 8.18. The van der Waals surface area contributed by atoms with E-state index in [1.54, 1.807) is 0 Å². The highest BCUT2D eigenvalue weighted by Gasteiger charge is 2.64. The van der Waals surface area contributed by atoms with Crippen LogP contribution < -0.4 is 11.1 Å². The number of ether oxygens (including phenoxy) is 1. The van der Waals surface area contributed by atoms with E-state index in [1.807, 2.05) is 6.07 Å². The summed E-state index contributed by atoms with van der Waals surface area (Å²) in [6, 6.07) is 5.29. The number of nitriles is 1. The first-order valence-corrected chi connectivity index (χ1v) is 10.3. The number of aliphatic imine (C=N–C) groups is 1. The van der Waals surface area contributed by atoms with Gasteiger partial charge in [-0.2, -0.15) is 18.4 Å². The third-order valence-corrected chi connectivity index (χ3v) is 6.25. The van der Waals surface area contributed by atoms with Crippen LogP contribution in [0.1, 0.15) is 29.5 Å². The van der Waals surface area contributed by atoms with Crippen LogP contribution in [0.3, 0.4) is 0 Å². The van der Waals surface area contributed by atoms with E-state index in [-0.39, 0.29) is 34.4 Å². The SMILES string of the molecule is C[C@]1(C#N)C[C@@H]2C(C(F)(F)F)OC[C@]2(c2cc(NC(=O)c3ncc(Cl)cn3)ccc2F)N=C1N. The number of hydrogen-bond donors (Lipinski definition) is 2. The van der Waals surface area contributed by atoms with E-state index in [2.05, 4.69) is 20.3 Å². The van der Waals surface area contributed by atoms with E-state index < -0.39 is 47.5 Å². The quantitative estimate of drug-likeness (QED) is 0.625. The smallest absolute Gasteiger partial charge is 0.386 e. The van der Waals surface area contributed by atoms with Crippen molar-refractivity contribution in [2.45, 2.75) is 31.2 Å². The summed E-state index contributed by atoms with van der Waals surface area (Å²) >= 11 is 5.70. The van der Waals surface area contributed by atoms with Crippen LogP contribution in [-0.4, -0.2) is 40.6 Å². The number of anilines is 1. The number of carbonyl (C=O) groups is 1. The van der Waals surface area contributed by atoms with Crippen molar-refractivity contribution in [2.24, 2.45) is 22.1 Å². The molecular weight excluding hydrogens is 480 g/mol. The molecule has 0 saturated carbocycles. The zero-order chi connectivity index (χ0) is 24.9. The third-order valence-electron chi connectivity index (χ3n) is 6.06. The lowest BCUT2D eigenvalue weighted by Gasteiger charge is -2.42. The molecule has 1 aromatic heterocycles. The number of carbonyl (C=O) groups excluding carboxylic acids is 1. The van der Waals surface area contributed by atoms with Crippen LogP contribution >= 0.6 is 11.6 Å². The Morgan fingerprint density at radius 3 is 2.65 bits per heavy atom. The molecular formula is C21H17ClF4N6O2. The normalized spacial score (nSPS) is 28.6. The van der Waals surface area contributed by atoms with E-state index in [4.69, 9.17) is 22.1 Å². The molecule has 1 aromatic carbocycles. The second-order valence-corrected chi connectivity index (χ2v) is 8.76. The molecule has 4 rings (SSSR count). The average Bonchev–Trinajstić information content (AvgIpc) is 3.14. The summed E-state index contributed by atoms with van der Waals surface area (Å²) in [4.78, 5) is 24.3. The predicted octanol–water partition coefficient (Wildman–Crippen LogP) is 3.58. The van der Waals surface area contributed by atoms with Gasteiger partial charge in [0.25, 0.3) is 5.91 Å². The van der Waals surface area contributed by atoms with Crippen molar-refractivity contribution in [1.29, 1.82) is 5.26 Å². The number of nitrogens with one attached hydrogen (secondary N) is 1. The number of alkyl halides is 3. The topological polar surface area (TPSA) is 126 Å². The predicted molar refractivity (Wildman–Crippen MR) is 112 cm³/mol. The molecule has 1 unspecified atom stereocenters. The van der Waals surface area contributed by atoms with Crippen molar-refractivity contribution in [2.75, 3.05) is 11.9 Å². The summed E-state index contributed by atoms with van der Waals surface area (Å²) in [6.07, 6.45) is -4.99. The van der Waals surface area contributed by atoms with E-state index in [0.29, 0.717) is 0 Å². The number of nitrogens with two attached hydrogens (primary N) is 1. The number of hydrogen-bond acceptors (Lipinski definition) is 7. The van der Waals surface area contributed by atoms with Crippen LogP contribution in [0.4, 0.5) is 23.2 Å². The van der Waals surface area contributed by atoms with Crippen molar-refractivity contribution in [1.82, 2.24) is 9.97 Å². The van der Waals surface area contributed by atoms with Gasteiger partial charge in [0.15, 0.2) is 6.10 Å². The van der Waals surface area contributed by atoms with Gasteiger partial charge in [0.2, 0.25) is 5.82 Å². The third kappa shape index (κ3) is 3.95. The first-order valence-electron chi connectivity index (χ1n) is 9.94. The minimum Gasteiger partial charge on any atom is -0.386 e. The summed E-state index contributed by atoms with van der Waals surface area (Å²) in [7, 11) is 0. The van der Waals surface area contributed by atoms with Gasteiger partial charge in [-0.25, -0.2) is 14.4 Å². The molecule has 1 saturated heterocycles.